The third-order valence-electron chi connectivity index (χ3n) is 2.28. The number of phosphoric acid groups is 1. The Morgan fingerprint density at radius 2 is 2.13 bits per heavy atom. The summed E-state index contributed by atoms with van der Waals surface area (Å²) in [6, 6.07) is 9.66. The van der Waals surface area contributed by atoms with E-state index in [0.717, 1.165) is 5.56 Å². The zero-order valence-electron chi connectivity index (χ0n) is 8.46. The second kappa shape index (κ2) is 4.45. The third-order valence-corrected chi connectivity index (χ3v) is 3.74. The largest absolute Gasteiger partial charge is 0.475 e. The first-order valence-electron chi connectivity index (χ1n) is 4.77. The zero-order valence-corrected chi connectivity index (χ0v) is 9.35. The van der Waals surface area contributed by atoms with Crippen LogP contribution in [0.2, 0.25) is 0 Å². The molecule has 2 unspecified atom stereocenters. The standard InChI is InChI=1S/C10H13O4P/c1-12-15(11)13-8-7-10(14-15)9-5-3-2-4-6-9/h2-6,10H,7-8H2,1H3. The van der Waals surface area contributed by atoms with E-state index in [1.165, 1.54) is 7.11 Å². The summed E-state index contributed by atoms with van der Waals surface area (Å²) in [7, 11) is -1.99. The molecule has 82 valence electrons. The molecule has 0 spiro atoms. The topological polar surface area (TPSA) is 44.8 Å². The Balaban J connectivity index is 2.15. The van der Waals surface area contributed by atoms with Crippen molar-refractivity contribution in [1.82, 2.24) is 0 Å². The Morgan fingerprint density at radius 1 is 1.40 bits per heavy atom. The molecule has 1 heterocycles. The van der Waals surface area contributed by atoms with Gasteiger partial charge in [-0.2, -0.15) is 0 Å². The first kappa shape index (κ1) is 10.8. The van der Waals surface area contributed by atoms with Gasteiger partial charge in [0.25, 0.3) is 0 Å². The molecule has 1 aromatic rings. The van der Waals surface area contributed by atoms with Crippen molar-refractivity contribution in [3.05, 3.63) is 35.9 Å². The molecule has 1 aromatic carbocycles. The maximum absolute atomic E-state index is 11.7. The average molecular weight is 228 g/mol. The van der Waals surface area contributed by atoms with Crippen molar-refractivity contribution in [2.75, 3.05) is 13.7 Å². The highest BCUT2D eigenvalue weighted by atomic mass is 31.2. The van der Waals surface area contributed by atoms with E-state index in [1.54, 1.807) is 0 Å². The van der Waals surface area contributed by atoms with Gasteiger partial charge in [-0.15, -0.1) is 0 Å². The fourth-order valence-corrected chi connectivity index (χ4v) is 2.62. The minimum Gasteiger partial charge on any atom is -0.290 e. The Bertz CT molecular complexity index is 365. The van der Waals surface area contributed by atoms with Gasteiger partial charge < -0.3 is 0 Å². The molecule has 0 aromatic heterocycles. The molecule has 15 heavy (non-hydrogen) atoms. The molecule has 4 nitrogen and oxygen atoms in total. The van der Waals surface area contributed by atoms with Crippen molar-refractivity contribution in [2.45, 2.75) is 12.5 Å². The Hall–Kier alpha value is -0.670. The molecule has 5 heteroatoms. The van der Waals surface area contributed by atoms with Crippen molar-refractivity contribution >= 4 is 7.82 Å². The number of rotatable bonds is 2. The maximum Gasteiger partial charge on any atom is 0.475 e. The van der Waals surface area contributed by atoms with Crippen LogP contribution in [0.4, 0.5) is 0 Å². The predicted octanol–water partition coefficient (Wildman–Crippen LogP) is 2.92. The van der Waals surface area contributed by atoms with Gasteiger partial charge in [-0.1, -0.05) is 30.3 Å². The van der Waals surface area contributed by atoms with E-state index in [4.69, 9.17) is 13.6 Å². The van der Waals surface area contributed by atoms with E-state index in [9.17, 15) is 4.57 Å². The molecule has 0 N–H and O–H groups in total. The van der Waals surface area contributed by atoms with E-state index < -0.39 is 7.82 Å². The molecular weight excluding hydrogens is 215 g/mol. The molecule has 2 atom stereocenters. The van der Waals surface area contributed by atoms with Crippen LogP contribution in [-0.2, 0) is 18.1 Å². The fraction of sp³-hybridized carbons (Fsp3) is 0.400. The van der Waals surface area contributed by atoms with Gasteiger partial charge in [-0.25, -0.2) is 4.57 Å². The lowest BCUT2D eigenvalue weighted by Crippen LogP contribution is -2.14. The Kier molecular flexibility index (Phi) is 3.22. The van der Waals surface area contributed by atoms with Crippen LogP contribution in [0.3, 0.4) is 0 Å². The molecule has 0 radical (unpaired) electrons. The molecule has 0 amide bonds. The number of hydrogen-bond donors (Lipinski definition) is 0. The summed E-state index contributed by atoms with van der Waals surface area (Å²) >= 11 is 0. The monoisotopic (exact) mass is 228 g/mol. The molecule has 1 saturated heterocycles. The quantitative estimate of drug-likeness (QED) is 0.730. The Labute approximate surface area is 88.8 Å². The molecule has 0 bridgehead atoms. The van der Waals surface area contributed by atoms with E-state index in [0.29, 0.717) is 13.0 Å². The molecule has 0 aliphatic carbocycles. The molecule has 0 saturated carbocycles. The van der Waals surface area contributed by atoms with E-state index in [1.807, 2.05) is 30.3 Å². The lowest BCUT2D eigenvalue weighted by atomic mass is 10.1. The molecule has 1 aliphatic heterocycles. The lowest BCUT2D eigenvalue weighted by Gasteiger charge is -2.27. The van der Waals surface area contributed by atoms with Crippen LogP contribution in [0.5, 0.6) is 0 Å². The summed E-state index contributed by atoms with van der Waals surface area (Å²) in [6.45, 7) is 0.394. The van der Waals surface area contributed by atoms with Gasteiger partial charge in [-0.3, -0.25) is 13.6 Å². The van der Waals surface area contributed by atoms with Crippen LogP contribution < -0.4 is 0 Å². The fourth-order valence-electron chi connectivity index (χ4n) is 1.50. The highest BCUT2D eigenvalue weighted by Crippen LogP contribution is 2.56. The Morgan fingerprint density at radius 3 is 2.80 bits per heavy atom. The summed E-state index contributed by atoms with van der Waals surface area (Å²) in [5.41, 5.74) is 0.998. The van der Waals surface area contributed by atoms with Gasteiger partial charge in [-0.05, 0) is 5.56 Å². The summed E-state index contributed by atoms with van der Waals surface area (Å²) in [5, 5.41) is 0. The summed E-state index contributed by atoms with van der Waals surface area (Å²) in [5.74, 6) is 0. The number of hydrogen-bond acceptors (Lipinski definition) is 4. The number of benzene rings is 1. The number of phosphoric ester groups is 1. The van der Waals surface area contributed by atoms with Crippen LogP contribution in [-0.4, -0.2) is 13.7 Å². The van der Waals surface area contributed by atoms with Gasteiger partial charge in [0.2, 0.25) is 0 Å². The summed E-state index contributed by atoms with van der Waals surface area (Å²) < 4.78 is 26.8. The molecule has 1 aliphatic rings. The summed E-state index contributed by atoms with van der Waals surface area (Å²) in [6.07, 6.45) is 0.489. The predicted molar refractivity (Wildman–Crippen MR) is 55.5 cm³/mol. The van der Waals surface area contributed by atoms with E-state index in [2.05, 4.69) is 0 Å². The lowest BCUT2D eigenvalue weighted by molar-refractivity contribution is 0.0374. The van der Waals surface area contributed by atoms with Gasteiger partial charge in [0.05, 0.1) is 12.7 Å². The van der Waals surface area contributed by atoms with Crippen LogP contribution in [0.15, 0.2) is 30.3 Å². The van der Waals surface area contributed by atoms with Crippen LogP contribution >= 0.6 is 7.82 Å². The third kappa shape index (κ3) is 2.47. The van der Waals surface area contributed by atoms with Crippen molar-refractivity contribution in [3.8, 4) is 0 Å². The average Bonchev–Trinajstić information content (AvgIpc) is 2.30. The minimum atomic E-state index is -3.32. The van der Waals surface area contributed by atoms with Crippen molar-refractivity contribution < 1.29 is 18.1 Å². The normalized spacial score (nSPS) is 31.4. The molecule has 1 fully saturated rings. The highest BCUT2D eigenvalue weighted by molar-refractivity contribution is 7.48. The molecule has 2 rings (SSSR count). The zero-order chi connectivity index (χ0) is 10.7. The smallest absolute Gasteiger partial charge is 0.290 e. The van der Waals surface area contributed by atoms with Crippen molar-refractivity contribution in [3.63, 3.8) is 0 Å². The van der Waals surface area contributed by atoms with Gasteiger partial charge in [0.15, 0.2) is 0 Å². The SMILES string of the molecule is COP1(=O)OCCC(c2ccccc2)O1. The second-order valence-corrected chi connectivity index (χ2v) is 4.99. The first-order chi connectivity index (χ1) is 7.23. The highest BCUT2D eigenvalue weighted by Gasteiger charge is 2.34. The maximum atomic E-state index is 11.7. The second-order valence-electron chi connectivity index (χ2n) is 3.26. The van der Waals surface area contributed by atoms with Gasteiger partial charge in [0.1, 0.15) is 0 Å². The molecular formula is C10H13O4P. The van der Waals surface area contributed by atoms with Crippen LogP contribution in [0, 0.1) is 0 Å². The van der Waals surface area contributed by atoms with Crippen LogP contribution in [0.25, 0.3) is 0 Å². The van der Waals surface area contributed by atoms with E-state index >= 15 is 0 Å². The van der Waals surface area contributed by atoms with E-state index in [-0.39, 0.29) is 6.10 Å². The van der Waals surface area contributed by atoms with Crippen molar-refractivity contribution in [1.29, 1.82) is 0 Å². The first-order valence-corrected chi connectivity index (χ1v) is 6.23. The van der Waals surface area contributed by atoms with Gasteiger partial charge >= 0.3 is 7.82 Å². The van der Waals surface area contributed by atoms with Crippen molar-refractivity contribution in [2.24, 2.45) is 0 Å². The minimum absolute atomic E-state index is 0.203. The summed E-state index contributed by atoms with van der Waals surface area (Å²) in [4.78, 5) is 0. The van der Waals surface area contributed by atoms with Crippen LogP contribution in [0.1, 0.15) is 18.1 Å². The van der Waals surface area contributed by atoms with Gasteiger partial charge in [0, 0.05) is 13.5 Å².